The number of nitro benzene ring substituents is 2. The van der Waals surface area contributed by atoms with Crippen LogP contribution in [0.4, 0.5) is 17.1 Å². The molecule has 0 bridgehead atoms. The number of ether oxygens (including phenoxy) is 1. The third-order valence-corrected chi connectivity index (χ3v) is 8.03. The van der Waals surface area contributed by atoms with Crippen molar-refractivity contribution >= 4 is 34.8 Å². The van der Waals surface area contributed by atoms with Gasteiger partial charge in [0.2, 0.25) is 11.8 Å². The Morgan fingerprint density at radius 1 is 1.04 bits per heavy atom. The predicted molar refractivity (Wildman–Crippen MR) is 167 cm³/mol. The number of amides is 2. The minimum Gasteiger partial charge on any atom is -0.459 e. The van der Waals surface area contributed by atoms with Crippen molar-refractivity contribution in [3.63, 3.8) is 0 Å². The van der Waals surface area contributed by atoms with Crippen LogP contribution in [-0.4, -0.2) is 73.4 Å². The van der Waals surface area contributed by atoms with E-state index in [4.69, 9.17) is 4.74 Å². The number of rotatable bonds is 13. The normalized spacial score (nSPS) is 18.2. The van der Waals surface area contributed by atoms with Gasteiger partial charge >= 0.3 is 11.7 Å². The Bertz CT molecular complexity index is 1610. The van der Waals surface area contributed by atoms with Gasteiger partial charge in [0.25, 0.3) is 5.69 Å². The molecule has 2 aliphatic heterocycles. The lowest BCUT2D eigenvalue weighted by molar-refractivity contribution is -0.393. The number of anilines is 1. The third-order valence-electron chi connectivity index (χ3n) is 8.03. The second-order valence-corrected chi connectivity index (χ2v) is 11.3. The van der Waals surface area contributed by atoms with Crippen LogP contribution in [0.5, 0.6) is 0 Å². The molecule has 1 aromatic heterocycles. The van der Waals surface area contributed by atoms with Gasteiger partial charge in [-0.15, -0.1) is 0 Å². The molecule has 2 aromatic carbocycles. The van der Waals surface area contributed by atoms with Crippen molar-refractivity contribution in [2.45, 2.75) is 63.3 Å². The lowest BCUT2D eigenvalue weighted by Gasteiger charge is -2.30. The fraction of sp³-hybridized carbons (Fsp3) is 0.400. The summed E-state index contributed by atoms with van der Waals surface area (Å²) in [5, 5.41) is 28.6. The quantitative estimate of drug-likeness (QED) is 0.119. The molecule has 3 aromatic rings. The molecule has 2 saturated heterocycles. The number of carbonyl (C=O) groups excluding carboxylic acids is 3. The molecule has 2 fully saturated rings. The maximum atomic E-state index is 14.0. The second-order valence-electron chi connectivity index (χ2n) is 11.3. The molecule has 3 atom stereocenters. The number of aromatic nitrogens is 2. The number of imidazole rings is 1. The fourth-order valence-corrected chi connectivity index (χ4v) is 5.60. The maximum absolute atomic E-state index is 14.0. The van der Waals surface area contributed by atoms with E-state index in [1.165, 1.54) is 28.2 Å². The minimum absolute atomic E-state index is 0.00800. The highest BCUT2D eigenvalue weighted by Crippen LogP contribution is 2.28. The molecule has 17 nitrogen and oxygen atoms in total. The van der Waals surface area contributed by atoms with Gasteiger partial charge in [0.05, 0.1) is 33.8 Å². The van der Waals surface area contributed by atoms with Crippen LogP contribution in [-0.2, 0) is 32.1 Å². The first kappa shape index (κ1) is 32.8. The molecule has 17 heteroatoms. The van der Waals surface area contributed by atoms with E-state index < -0.39 is 51.2 Å². The molecule has 0 saturated carbocycles. The standard InChI is InChI=1S/C30H35N9O8/c40-28(24-9-4-5-13-31-24)33-25(29(41)37-14-6-10-26(37)30(42)47-18-20-7-2-1-3-8-20)15-21-17-36(19-32-21)35-34-23-12-11-22(38(43)44)16-27(23)39(45)46/h1-3,7-8,11-12,16-17,19,24-26,31,34-35H,4-6,9-10,13-15,18H2,(H,33,40)/t24-,25+,26-/m0/s1. The van der Waals surface area contributed by atoms with Gasteiger partial charge in [-0.25, -0.2) is 20.0 Å². The first-order chi connectivity index (χ1) is 22.7. The zero-order valence-corrected chi connectivity index (χ0v) is 25.4. The van der Waals surface area contributed by atoms with Crippen molar-refractivity contribution in [1.29, 1.82) is 0 Å². The molecule has 0 unspecified atom stereocenters. The van der Waals surface area contributed by atoms with Crippen molar-refractivity contribution in [2.75, 3.05) is 24.1 Å². The molecular formula is C30H35N9O8. The van der Waals surface area contributed by atoms with Crippen LogP contribution >= 0.6 is 0 Å². The zero-order chi connectivity index (χ0) is 33.3. The lowest BCUT2D eigenvalue weighted by atomic mass is 10.0. The number of nitrogens with zero attached hydrogens (tertiary/aromatic N) is 5. The average molecular weight is 650 g/mol. The highest BCUT2D eigenvalue weighted by Gasteiger charge is 2.39. The Morgan fingerprint density at radius 3 is 2.57 bits per heavy atom. The summed E-state index contributed by atoms with van der Waals surface area (Å²) in [6.45, 7) is 1.09. The molecular weight excluding hydrogens is 614 g/mol. The molecule has 0 aliphatic carbocycles. The van der Waals surface area contributed by atoms with Gasteiger partial charge in [0.1, 0.15) is 30.7 Å². The Labute approximate surface area is 268 Å². The molecule has 3 heterocycles. The summed E-state index contributed by atoms with van der Waals surface area (Å²) in [5.74, 6) is -1.27. The fourth-order valence-electron chi connectivity index (χ4n) is 5.60. The van der Waals surface area contributed by atoms with E-state index in [2.05, 4.69) is 26.6 Å². The van der Waals surface area contributed by atoms with Gasteiger partial charge in [-0.3, -0.25) is 35.2 Å². The van der Waals surface area contributed by atoms with E-state index in [1.54, 1.807) is 0 Å². The first-order valence-corrected chi connectivity index (χ1v) is 15.2. The van der Waals surface area contributed by atoms with Gasteiger partial charge in [-0.2, -0.15) is 0 Å². The number of benzene rings is 2. The number of nitrogens with one attached hydrogen (secondary N) is 4. The Hall–Kier alpha value is -5.58. The number of esters is 1. The van der Waals surface area contributed by atoms with Gasteiger partial charge in [-0.1, -0.05) is 36.8 Å². The Morgan fingerprint density at radius 2 is 1.85 bits per heavy atom. The molecule has 2 aliphatic rings. The highest BCUT2D eigenvalue weighted by molar-refractivity contribution is 5.92. The molecule has 47 heavy (non-hydrogen) atoms. The van der Waals surface area contributed by atoms with Crippen LogP contribution in [0.25, 0.3) is 0 Å². The summed E-state index contributed by atoms with van der Waals surface area (Å²) in [6, 6.07) is 10.1. The SMILES string of the molecule is O=C(N[C@H](Cc1cn(NNc2ccc([N+](=O)[O-])cc2[N+](=O)[O-])cn1)C(=O)N1CCC[C@H]1C(=O)OCc1ccccc1)[C@@H]1CCCCN1. The molecule has 248 valence electrons. The summed E-state index contributed by atoms with van der Waals surface area (Å²) in [5.41, 5.74) is 5.58. The van der Waals surface area contributed by atoms with Crippen molar-refractivity contribution in [1.82, 2.24) is 25.2 Å². The monoisotopic (exact) mass is 649 g/mol. The van der Waals surface area contributed by atoms with E-state index in [-0.39, 0.29) is 24.6 Å². The number of likely N-dealkylation sites (tertiary alicyclic amines) is 1. The average Bonchev–Trinajstić information content (AvgIpc) is 3.76. The van der Waals surface area contributed by atoms with Crippen LogP contribution in [0.2, 0.25) is 0 Å². The number of carbonyl (C=O) groups is 3. The summed E-state index contributed by atoms with van der Waals surface area (Å²) in [6.07, 6.45) is 6.35. The summed E-state index contributed by atoms with van der Waals surface area (Å²) >= 11 is 0. The number of hydrogen-bond acceptors (Lipinski definition) is 12. The van der Waals surface area contributed by atoms with E-state index in [9.17, 15) is 34.6 Å². The summed E-state index contributed by atoms with van der Waals surface area (Å²) in [7, 11) is 0. The summed E-state index contributed by atoms with van der Waals surface area (Å²) in [4.78, 5) is 67.1. The number of hydrogen-bond donors (Lipinski definition) is 4. The van der Waals surface area contributed by atoms with E-state index in [1.807, 2.05) is 30.3 Å². The number of piperidine rings is 1. The second kappa shape index (κ2) is 15.1. The third kappa shape index (κ3) is 8.37. The van der Waals surface area contributed by atoms with Gasteiger partial charge in [-0.05, 0) is 43.9 Å². The topological polar surface area (TPSA) is 216 Å². The number of non-ortho nitro benzene ring substituents is 1. The number of nitro groups is 2. The van der Waals surface area contributed by atoms with Gasteiger partial charge in [0.15, 0.2) is 0 Å². The van der Waals surface area contributed by atoms with E-state index in [0.29, 0.717) is 38.0 Å². The summed E-state index contributed by atoms with van der Waals surface area (Å²) < 4.78 is 6.88. The van der Waals surface area contributed by atoms with Crippen LogP contribution in [0.1, 0.15) is 43.4 Å². The van der Waals surface area contributed by atoms with Crippen molar-refractivity contribution in [3.05, 3.63) is 92.5 Å². The van der Waals surface area contributed by atoms with Crippen LogP contribution in [0.3, 0.4) is 0 Å². The maximum Gasteiger partial charge on any atom is 0.329 e. The van der Waals surface area contributed by atoms with Gasteiger partial charge < -0.3 is 20.3 Å². The molecule has 0 radical (unpaired) electrons. The highest BCUT2D eigenvalue weighted by atomic mass is 16.6. The predicted octanol–water partition coefficient (Wildman–Crippen LogP) is 2.17. The van der Waals surface area contributed by atoms with Crippen molar-refractivity contribution in [2.24, 2.45) is 0 Å². The largest absolute Gasteiger partial charge is 0.459 e. The zero-order valence-electron chi connectivity index (χ0n) is 25.4. The van der Waals surface area contributed by atoms with Crippen LogP contribution in [0, 0.1) is 20.2 Å². The molecule has 2 amide bonds. The van der Waals surface area contributed by atoms with E-state index >= 15 is 0 Å². The molecule has 5 rings (SSSR count). The van der Waals surface area contributed by atoms with Gasteiger partial charge in [0, 0.05) is 19.0 Å². The Balaban J connectivity index is 1.28. The minimum atomic E-state index is -1.04. The van der Waals surface area contributed by atoms with Crippen molar-refractivity contribution < 1.29 is 29.0 Å². The van der Waals surface area contributed by atoms with E-state index in [0.717, 1.165) is 30.5 Å². The molecule has 0 spiro atoms. The Kier molecular flexibility index (Phi) is 10.6. The number of hydrazine groups is 1. The molecule has 4 N–H and O–H groups in total. The lowest BCUT2D eigenvalue weighted by Crippen LogP contribution is -2.56. The smallest absolute Gasteiger partial charge is 0.329 e. The van der Waals surface area contributed by atoms with Crippen LogP contribution in [0.15, 0.2) is 61.1 Å². The first-order valence-electron chi connectivity index (χ1n) is 15.2. The van der Waals surface area contributed by atoms with Crippen molar-refractivity contribution in [3.8, 4) is 0 Å². The van der Waals surface area contributed by atoms with Crippen LogP contribution < -0.4 is 21.6 Å².